The van der Waals surface area contributed by atoms with Crippen molar-refractivity contribution < 1.29 is 22.7 Å². The van der Waals surface area contributed by atoms with Crippen LogP contribution < -0.4 is 5.32 Å². The highest BCUT2D eigenvalue weighted by atomic mass is 19.4. The van der Waals surface area contributed by atoms with Gasteiger partial charge in [0.15, 0.2) is 0 Å². The number of carbonyl (C=O) groups excluding carboxylic acids is 1. The van der Waals surface area contributed by atoms with Gasteiger partial charge in [0.25, 0.3) is 5.91 Å². The first kappa shape index (κ1) is 20.9. The normalized spacial score (nSPS) is 11.6. The molecule has 146 valence electrons. The molecule has 0 bridgehead atoms. The van der Waals surface area contributed by atoms with Crippen molar-refractivity contribution in [2.24, 2.45) is 5.92 Å². The van der Waals surface area contributed by atoms with E-state index in [1.807, 2.05) is 19.9 Å². The van der Waals surface area contributed by atoms with Crippen molar-refractivity contribution in [3.63, 3.8) is 0 Å². The van der Waals surface area contributed by atoms with Crippen LogP contribution in [0.15, 0.2) is 42.6 Å². The number of carbonyl (C=O) groups is 1. The number of pyridine rings is 1. The number of halogens is 3. The predicted octanol–water partition coefficient (Wildman–Crippen LogP) is 4.25. The van der Waals surface area contributed by atoms with Crippen LogP contribution in [0.2, 0.25) is 0 Å². The molecule has 0 radical (unpaired) electrons. The molecule has 0 unspecified atom stereocenters. The Balaban J connectivity index is 1.75. The standard InChI is InChI=1S/C20H23F3N2O2/c1-14(2)11-25-19(26)18-8-5-15(12-24-18)9-10-27-13-16-3-6-17(7-4-16)20(21,22)23/h3-8,12,14H,9-11,13H2,1-2H3,(H,25,26). The average molecular weight is 380 g/mol. The summed E-state index contributed by atoms with van der Waals surface area (Å²) in [6.45, 7) is 5.27. The van der Waals surface area contributed by atoms with Gasteiger partial charge in [-0.2, -0.15) is 13.2 Å². The van der Waals surface area contributed by atoms with E-state index in [0.29, 0.717) is 36.7 Å². The number of aromatic nitrogens is 1. The molecule has 0 aliphatic heterocycles. The van der Waals surface area contributed by atoms with Crippen LogP contribution in [0.4, 0.5) is 13.2 Å². The number of hydrogen-bond donors (Lipinski definition) is 1. The summed E-state index contributed by atoms with van der Waals surface area (Å²) in [5.74, 6) is 0.170. The molecule has 7 heteroatoms. The highest BCUT2D eigenvalue weighted by molar-refractivity contribution is 5.92. The van der Waals surface area contributed by atoms with Crippen LogP contribution in [0.3, 0.4) is 0 Å². The number of hydrogen-bond acceptors (Lipinski definition) is 3. The quantitative estimate of drug-likeness (QED) is 0.697. The Hall–Kier alpha value is -2.41. The van der Waals surface area contributed by atoms with E-state index in [2.05, 4.69) is 10.3 Å². The molecule has 0 aliphatic carbocycles. The largest absolute Gasteiger partial charge is 0.416 e. The van der Waals surface area contributed by atoms with Crippen molar-refractivity contribution in [3.8, 4) is 0 Å². The summed E-state index contributed by atoms with van der Waals surface area (Å²) in [7, 11) is 0. The van der Waals surface area contributed by atoms with Crippen molar-refractivity contribution in [2.75, 3.05) is 13.2 Å². The fourth-order valence-electron chi connectivity index (χ4n) is 2.26. The van der Waals surface area contributed by atoms with Crippen molar-refractivity contribution >= 4 is 5.91 Å². The molecular formula is C20H23F3N2O2. The summed E-state index contributed by atoms with van der Waals surface area (Å²) < 4.78 is 43.0. The van der Waals surface area contributed by atoms with Crippen molar-refractivity contribution in [1.29, 1.82) is 0 Å². The van der Waals surface area contributed by atoms with Gasteiger partial charge in [-0.25, -0.2) is 0 Å². The van der Waals surface area contributed by atoms with Crippen molar-refractivity contribution in [2.45, 2.75) is 33.1 Å². The number of rotatable bonds is 8. The minimum Gasteiger partial charge on any atom is -0.376 e. The van der Waals surface area contributed by atoms with E-state index in [4.69, 9.17) is 4.74 Å². The molecule has 0 aliphatic rings. The van der Waals surface area contributed by atoms with Gasteiger partial charge in [0.2, 0.25) is 0 Å². The van der Waals surface area contributed by atoms with Crippen LogP contribution in [0, 0.1) is 5.92 Å². The third-order valence-corrected chi connectivity index (χ3v) is 3.81. The molecule has 2 aromatic rings. The average Bonchev–Trinajstić information content (AvgIpc) is 2.63. The van der Waals surface area contributed by atoms with E-state index in [-0.39, 0.29) is 12.5 Å². The zero-order valence-corrected chi connectivity index (χ0v) is 15.3. The third-order valence-electron chi connectivity index (χ3n) is 3.81. The molecule has 1 N–H and O–H groups in total. The number of amides is 1. The lowest BCUT2D eigenvalue weighted by Crippen LogP contribution is -2.28. The summed E-state index contributed by atoms with van der Waals surface area (Å²) in [6, 6.07) is 8.40. The first-order valence-electron chi connectivity index (χ1n) is 8.72. The van der Waals surface area contributed by atoms with Gasteiger partial charge < -0.3 is 10.1 Å². The Morgan fingerprint density at radius 3 is 2.33 bits per heavy atom. The molecule has 2 rings (SSSR count). The van der Waals surface area contributed by atoms with Gasteiger partial charge in [0.1, 0.15) is 5.69 Å². The van der Waals surface area contributed by atoms with Gasteiger partial charge in [-0.15, -0.1) is 0 Å². The van der Waals surface area contributed by atoms with E-state index in [1.165, 1.54) is 12.1 Å². The zero-order chi connectivity index (χ0) is 19.9. The molecule has 1 aromatic carbocycles. The van der Waals surface area contributed by atoms with Gasteiger partial charge in [-0.1, -0.05) is 32.0 Å². The molecule has 27 heavy (non-hydrogen) atoms. The Kier molecular flexibility index (Phi) is 7.36. The number of alkyl halides is 3. The lowest BCUT2D eigenvalue weighted by atomic mass is 10.1. The summed E-state index contributed by atoms with van der Waals surface area (Å²) in [6.07, 6.45) is -2.10. The highest BCUT2D eigenvalue weighted by Crippen LogP contribution is 2.29. The second-order valence-electron chi connectivity index (χ2n) is 6.65. The molecule has 0 spiro atoms. The Morgan fingerprint density at radius 2 is 1.78 bits per heavy atom. The second kappa shape index (κ2) is 9.50. The molecule has 4 nitrogen and oxygen atoms in total. The van der Waals surface area contributed by atoms with Gasteiger partial charge in [0, 0.05) is 12.7 Å². The number of nitrogens with zero attached hydrogens (tertiary/aromatic N) is 1. The maximum Gasteiger partial charge on any atom is 0.416 e. The van der Waals surface area contributed by atoms with Crippen LogP contribution >= 0.6 is 0 Å². The topological polar surface area (TPSA) is 51.2 Å². The maximum absolute atomic E-state index is 12.5. The SMILES string of the molecule is CC(C)CNC(=O)c1ccc(CCOCc2ccc(C(F)(F)F)cc2)cn1. The molecule has 1 heterocycles. The number of nitrogens with one attached hydrogen (secondary N) is 1. The van der Waals surface area contributed by atoms with Crippen LogP contribution in [-0.2, 0) is 23.9 Å². The first-order valence-corrected chi connectivity index (χ1v) is 8.72. The van der Waals surface area contributed by atoms with Gasteiger partial charge in [-0.05, 0) is 41.7 Å². The van der Waals surface area contributed by atoms with Crippen molar-refractivity contribution in [1.82, 2.24) is 10.3 Å². The van der Waals surface area contributed by atoms with Crippen LogP contribution in [0.1, 0.15) is 41.0 Å². The van der Waals surface area contributed by atoms with E-state index < -0.39 is 11.7 Å². The van der Waals surface area contributed by atoms with Crippen LogP contribution in [0.5, 0.6) is 0 Å². The van der Waals surface area contributed by atoms with E-state index in [9.17, 15) is 18.0 Å². The zero-order valence-electron chi connectivity index (χ0n) is 15.3. The third kappa shape index (κ3) is 7.02. The summed E-state index contributed by atoms with van der Waals surface area (Å²) in [5.41, 5.74) is 1.29. The molecule has 0 saturated carbocycles. The van der Waals surface area contributed by atoms with E-state index >= 15 is 0 Å². The minimum atomic E-state index is -4.33. The Labute approximate surface area is 156 Å². The molecule has 1 amide bonds. The molecule has 0 fully saturated rings. The highest BCUT2D eigenvalue weighted by Gasteiger charge is 2.29. The first-order chi connectivity index (χ1) is 12.8. The van der Waals surface area contributed by atoms with Gasteiger partial charge in [-0.3, -0.25) is 9.78 Å². The number of ether oxygens (including phenoxy) is 1. The number of benzene rings is 1. The van der Waals surface area contributed by atoms with Gasteiger partial charge in [0.05, 0.1) is 18.8 Å². The van der Waals surface area contributed by atoms with Crippen LogP contribution in [-0.4, -0.2) is 24.0 Å². The molecular weight excluding hydrogens is 357 g/mol. The second-order valence-corrected chi connectivity index (χ2v) is 6.65. The minimum absolute atomic E-state index is 0.200. The Morgan fingerprint density at radius 1 is 1.11 bits per heavy atom. The molecule has 0 saturated heterocycles. The summed E-state index contributed by atoms with van der Waals surface area (Å²) in [5, 5.41) is 2.80. The Bertz CT molecular complexity index is 726. The summed E-state index contributed by atoms with van der Waals surface area (Å²) >= 11 is 0. The lowest BCUT2D eigenvalue weighted by Gasteiger charge is -2.09. The van der Waals surface area contributed by atoms with Crippen LogP contribution in [0.25, 0.3) is 0 Å². The maximum atomic E-state index is 12.5. The van der Waals surface area contributed by atoms with Gasteiger partial charge >= 0.3 is 6.18 Å². The fraction of sp³-hybridized carbons (Fsp3) is 0.400. The molecule has 1 aromatic heterocycles. The molecule has 0 atom stereocenters. The van der Waals surface area contributed by atoms with E-state index in [0.717, 1.165) is 17.7 Å². The van der Waals surface area contributed by atoms with E-state index in [1.54, 1.807) is 12.3 Å². The lowest BCUT2D eigenvalue weighted by molar-refractivity contribution is -0.137. The van der Waals surface area contributed by atoms with Crippen molar-refractivity contribution in [3.05, 3.63) is 65.0 Å². The monoisotopic (exact) mass is 380 g/mol. The summed E-state index contributed by atoms with van der Waals surface area (Å²) in [4.78, 5) is 16.0. The smallest absolute Gasteiger partial charge is 0.376 e. The fourth-order valence-corrected chi connectivity index (χ4v) is 2.26. The predicted molar refractivity (Wildman–Crippen MR) is 96.2 cm³/mol.